The Morgan fingerprint density at radius 2 is 1.88 bits per heavy atom. The SMILES string of the molecule is CCC(NCC(C)(C)OC)c1ccccc1. The molecule has 1 atom stereocenters. The second-order valence-corrected chi connectivity index (χ2v) is 4.72. The molecule has 0 amide bonds. The Kier molecular flexibility index (Phi) is 4.97. The van der Waals surface area contributed by atoms with E-state index in [9.17, 15) is 0 Å². The maximum atomic E-state index is 5.41. The summed E-state index contributed by atoms with van der Waals surface area (Å²) >= 11 is 0. The topological polar surface area (TPSA) is 21.3 Å². The van der Waals surface area contributed by atoms with Crippen LogP contribution in [-0.2, 0) is 4.74 Å². The maximum Gasteiger partial charge on any atom is 0.0746 e. The number of hydrogen-bond donors (Lipinski definition) is 1. The van der Waals surface area contributed by atoms with Crippen LogP contribution in [0.2, 0.25) is 0 Å². The van der Waals surface area contributed by atoms with Crippen LogP contribution in [0, 0.1) is 0 Å². The van der Waals surface area contributed by atoms with Gasteiger partial charge in [-0.3, -0.25) is 0 Å². The highest BCUT2D eigenvalue weighted by molar-refractivity contribution is 5.18. The summed E-state index contributed by atoms with van der Waals surface area (Å²) in [6.45, 7) is 7.25. The molecule has 0 bridgehead atoms. The predicted molar refractivity (Wildman–Crippen MR) is 68.6 cm³/mol. The normalized spacial score (nSPS) is 13.8. The van der Waals surface area contributed by atoms with E-state index in [-0.39, 0.29) is 5.60 Å². The summed E-state index contributed by atoms with van der Waals surface area (Å²) in [6.07, 6.45) is 1.09. The summed E-state index contributed by atoms with van der Waals surface area (Å²) in [4.78, 5) is 0. The average molecular weight is 221 g/mol. The average Bonchev–Trinajstić information content (AvgIpc) is 2.31. The van der Waals surface area contributed by atoms with E-state index in [0.29, 0.717) is 6.04 Å². The standard InChI is InChI=1S/C14H23NO/c1-5-13(12-9-7-6-8-10-12)15-11-14(2,3)16-4/h6-10,13,15H,5,11H2,1-4H3. The Hall–Kier alpha value is -0.860. The highest BCUT2D eigenvalue weighted by atomic mass is 16.5. The van der Waals surface area contributed by atoms with Crippen molar-refractivity contribution >= 4 is 0 Å². The van der Waals surface area contributed by atoms with Gasteiger partial charge in [-0.25, -0.2) is 0 Å². The summed E-state index contributed by atoms with van der Waals surface area (Å²) in [6, 6.07) is 11.0. The van der Waals surface area contributed by atoms with Crippen molar-refractivity contribution in [2.45, 2.75) is 38.8 Å². The van der Waals surface area contributed by atoms with Crippen LogP contribution in [0.1, 0.15) is 38.8 Å². The molecule has 0 saturated carbocycles. The fourth-order valence-corrected chi connectivity index (χ4v) is 1.62. The van der Waals surface area contributed by atoms with Crippen LogP contribution in [0.15, 0.2) is 30.3 Å². The van der Waals surface area contributed by atoms with Gasteiger partial charge in [-0.05, 0) is 25.8 Å². The van der Waals surface area contributed by atoms with Gasteiger partial charge in [-0.1, -0.05) is 37.3 Å². The van der Waals surface area contributed by atoms with Gasteiger partial charge in [0.2, 0.25) is 0 Å². The van der Waals surface area contributed by atoms with E-state index in [1.54, 1.807) is 7.11 Å². The minimum atomic E-state index is -0.109. The molecule has 0 aliphatic heterocycles. The van der Waals surface area contributed by atoms with Crippen molar-refractivity contribution in [2.24, 2.45) is 0 Å². The molecule has 2 nitrogen and oxygen atoms in total. The third-order valence-electron chi connectivity index (χ3n) is 2.94. The van der Waals surface area contributed by atoms with Crippen LogP contribution in [-0.4, -0.2) is 19.3 Å². The van der Waals surface area contributed by atoms with Gasteiger partial charge < -0.3 is 10.1 Å². The zero-order chi connectivity index (χ0) is 12.0. The Morgan fingerprint density at radius 3 is 2.38 bits per heavy atom. The Balaban J connectivity index is 2.57. The van der Waals surface area contributed by atoms with E-state index >= 15 is 0 Å². The Bertz CT molecular complexity index is 295. The number of rotatable bonds is 6. The molecule has 0 radical (unpaired) electrons. The molecule has 0 aliphatic carbocycles. The van der Waals surface area contributed by atoms with E-state index in [0.717, 1.165) is 13.0 Å². The highest BCUT2D eigenvalue weighted by Gasteiger charge is 2.18. The molecule has 1 rings (SSSR count). The highest BCUT2D eigenvalue weighted by Crippen LogP contribution is 2.17. The van der Waals surface area contributed by atoms with Crippen molar-refractivity contribution in [3.63, 3.8) is 0 Å². The lowest BCUT2D eigenvalue weighted by Crippen LogP contribution is -2.38. The minimum Gasteiger partial charge on any atom is -0.377 e. The van der Waals surface area contributed by atoms with Crippen LogP contribution >= 0.6 is 0 Å². The zero-order valence-corrected chi connectivity index (χ0v) is 10.8. The lowest BCUT2D eigenvalue weighted by molar-refractivity contribution is 0.0209. The first-order chi connectivity index (χ1) is 7.59. The smallest absolute Gasteiger partial charge is 0.0746 e. The number of nitrogens with one attached hydrogen (secondary N) is 1. The molecule has 1 aromatic carbocycles. The predicted octanol–water partition coefficient (Wildman–Crippen LogP) is 3.15. The van der Waals surface area contributed by atoms with E-state index < -0.39 is 0 Å². The summed E-state index contributed by atoms with van der Waals surface area (Å²) in [5.74, 6) is 0. The van der Waals surface area contributed by atoms with Crippen LogP contribution in [0.5, 0.6) is 0 Å². The lowest BCUT2D eigenvalue weighted by atomic mass is 10.0. The minimum absolute atomic E-state index is 0.109. The first-order valence-electron chi connectivity index (χ1n) is 5.92. The second-order valence-electron chi connectivity index (χ2n) is 4.72. The van der Waals surface area contributed by atoms with Gasteiger partial charge in [0.1, 0.15) is 0 Å². The molecular formula is C14H23NO. The number of hydrogen-bond acceptors (Lipinski definition) is 2. The van der Waals surface area contributed by atoms with Crippen LogP contribution in [0.25, 0.3) is 0 Å². The van der Waals surface area contributed by atoms with Crippen LogP contribution < -0.4 is 5.32 Å². The zero-order valence-electron chi connectivity index (χ0n) is 10.8. The molecule has 0 aromatic heterocycles. The van der Waals surface area contributed by atoms with Crippen LogP contribution in [0.3, 0.4) is 0 Å². The van der Waals surface area contributed by atoms with Gasteiger partial charge in [0.25, 0.3) is 0 Å². The van der Waals surface area contributed by atoms with Crippen molar-refractivity contribution < 1.29 is 4.74 Å². The van der Waals surface area contributed by atoms with E-state index in [4.69, 9.17) is 4.74 Å². The summed E-state index contributed by atoms with van der Waals surface area (Å²) in [5.41, 5.74) is 1.24. The van der Waals surface area contributed by atoms with Gasteiger partial charge in [0.15, 0.2) is 0 Å². The number of methoxy groups -OCH3 is 1. The van der Waals surface area contributed by atoms with Crippen molar-refractivity contribution in [2.75, 3.05) is 13.7 Å². The number of benzene rings is 1. The molecule has 1 aromatic rings. The molecule has 0 aliphatic rings. The Morgan fingerprint density at radius 1 is 1.25 bits per heavy atom. The van der Waals surface area contributed by atoms with Crippen molar-refractivity contribution in [3.8, 4) is 0 Å². The van der Waals surface area contributed by atoms with E-state index in [2.05, 4.69) is 56.4 Å². The van der Waals surface area contributed by atoms with Gasteiger partial charge in [0, 0.05) is 19.7 Å². The van der Waals surface area contributed by atoms with Crippen molar-refractivity contribution in [1.29, 1.82) is 0 Å². The quantitative estimate of drug-likeness (QED) is 0.796. The fourth-order valence-electron chi connectivity index (χ4n) is 1.62. The van der Waals surface area contributed by atoms with Crippen molar-refractivity contribution in [1.82, 2.24) is 5.32 Å². The summed E-state index contributed by atoms with van der Waals surface area (Å²) < 4.78 is 5.41. The van der Waals surface area contributed by atoms with Gasteiger partial charge in [-0.15, -0.1) is 0 Å². The molecule has 90 valence electrons. The monoisotopic (exact) mass is 221 g/mol. The van der Waals surface area contributed by atoms with Crippen LogP contribution in [0.4, 0.5) is 0 Å². The van der Waals surface area contributed by atoms with E-state index in [1.165, 1.54) is 5.56 Å². The molecule has 0 heterocycles. The van der Waals surface area contributed by atoms with Gasteiger partial charge in [0.05, 0.1) is 5.60 Å². The third-order valence-corrected chi connectivity index (χ3v) is 2.94. The van der Waals surface area contributed by atoms with E-state index in [1.807, 2.05) is 0 Å². The maximum absolute atomic E-state index is 5.41. The molecule has 1 N–H and O–H groups in total. The molecular weight excluding hydrogens is 198 g/mol. The summed E-state index contributed by atoms with van der Waals surface area (Å²) in [7, 11) is 1.76. The third kappa shape index (κ3) is 3.95. The molecule has 1 unspecified atom stereocenters. The lowest BCUT2D eigenvalue weighted by Gasteiger charge is -2.27. The molecule has 0 fully saturated rings. The van der Waals surface area contributed by atoms with Crippen molar-refractivity contribution in [3.05, 3.63) is 35.9 Å². The fraction of sp³-hybridized carbons (Fsp3) is 0.571. The number of ether oxygens (including phenoxy) is 1. The second kappa shape index (κ2) is 6.02. The summed E-state index contributed by atoms with van der Waals surface area (Å²) in [5, 5.41) is 3.55. The first-order valence-corrected chi connectivity index (χ1v) is 5.92. The molecule has 0 saturated heterocycles. The molecule has 0 spiro atoms. The molecule has 16 heavy (non-hydrogen) atoms. The van der Waals surface area contributed by atoms with Gasteiger partial charge in [-0.2, -0.15) is 0 Å². The first kappa shape index (κ1) is 13.2. The molecule has 2 heteroatoms. The largest absolute Gasteiger partial charge is 0.377 e. The Labute approximate surface area is 99.0 Å². The van der Waals surface area contributed by atoms with Gasteiger partial charge >= 0.3 is 0 Å².